The van der Waals surface area contributed by atoms with Gasteiger partial charge < -0.3 is 29.9 Å². The number of aliphatic hydroxyl groups is 3. The molecule has 0 saturated carbocycles. The van der Waals surface area contributed by atoms with Crippen LogP contribution in [0.5, 0.6) is 0 Å². The molecular formula is C14H18KO7+. The Morgan fingerprint density at radius 1 is 1.14 bits per heavy atom. The van der Waals surface area contributed by atoms with E-state index in [1.165, 1.54) is 0 Å². The standard InChI is InChI=1S/C14H18O7.K/c1-7(8-5-3-2-4-6-8)20-14-11(17)9(15)10(16)12(21-14)13(18)19;/h2-7,9-12,14-17H,1H3,(H,18,19);/q;+1. The summed E-state index contributed by atoms with van der Waals surface area (Å²) in [5, 5.41) is 38.1. The van der Waals surface area contributed by atoms with Crippen molar-refractivity contribution < 1.29 is 86.1 Å². The summed E-state index contributed by atoms with van der Waals surface area (Å²) in [6, 6.07) is 9.07. The van der Waals surface area contributed by atoms with Crippen molar-refractivity contribution in [3.8, 4) is 0 Å². The Morgan fingerprint density at radius 2 is 1.73 bits per heavy atom. The summed E-state index contributed by atoms with van der Waals surface area (Å²) in [4.78, 5) is 11.0. The van der Waals surface area contributed by atoms with E-state index in [-0.39, 0.29) is 51.4 Å². The molecule has 1 aliphatic rings. The van der Waals surface area contributed by atoms with Crippen LogP contribution in [0, 0.1) is 0 Å². The van der Waals surface area contributed by atoms with Gasteiger partial charge in [-0.15, -0.1) is 0 Å². The fourth-order valence-corrected chi connectivity index (χ4v) is 2.17. The topological polar surface area (TPSA) is 116 Å². The van der Waals surface area contributed by atoms with Gasteiger partial charge in [-0.25, -0.2) is 4.79 Å². The molecule has 0 aliphatic carbocycles. The summed E-state index contributed by atoms with van der Waals surface area (Å²) in [5.41, 5.74) is 0.806. The molecule has 0 bridgehead atoms. The molecule has 116 valence electrons. The van der Waals surface area contributed by atoms with E-state index in [0.717, 1.165) is 5.56 Å². The molecule has 7 nitrogen and oxygen atoms in total. The van der Waals surface area contributed by atoms with Crippen LogP contribution in [0.3, 0.4) is 0 Å². The number of ether oxygens (including phenoxy) is 2. The van der Waals surface area contributed by atoms with Crippen LogP contribution < -0.4 is 51.4 Å². The van der Waals surface area contributed by atoms with Gasteiger partial charge in [0.1, 0.15) is 18.3 Å². The van der Waals surface area contributed by atoms with Gasteiger partial charge in [-0.05, 0) is 12.5 Å². The molecular weight excluding hydrogens is 319 g/mol. The molecule has 1 aromatic rings. The molecule has 0 spiro atoms. The van der Waals surface area contributed by atoms with Crippen molar-refractivity contribution in [2.24, 2.45) is 0 Å². The summed E-state index contributed by atoms with van der Waals surface area (Å²) in [7, 11) is 0. The smallest absolute Gasteiger partial charge is 0.479 e. The number of carboxylic acids is 1. The van der Waals surface area contributed by atoms with Gasteiger partial charge in [-0.2, -0.15) is 0 Å². The zero-order valence-electron chi connectivity index (χ0n) is 12.4. The number of carbonyl (C=O) groups is 1. The number of carboxylic acid groups (broad SMARTS) is 1. The summed E-state index contributed by atoms with van der Waals surface area (Å²) < 4.78 is 10.5. The van der Waals surface area contributed by atoms with Gasteiger partial charge in [-0.1, -0.05) is 30.3 Å². The third kappa shape index (κ3) is 4.57. The van der Waals surface area contributed by atoms with E-state index in [0.29, 0.717) is 0 Å². The van der Waals surface area contributed by atoms with Crippen molar-refractivity contribution in [2.75, 3.05) is 0 Å². The predicted molar refractivity (Wildman–Crippen MR) is 70.3 cm³/mol. The van der Waals surface area contributed by atoms with Crippen LogP contribution in [0.4, 0.5) is 0 Å². The van der Waals surface area contributed by atoms with E-state index in [9.17, 15) is 20.1 Å². The molecule has 1 saturated heterocycles. The number of benzene rings is 1. The van der Waals surface area contributed by atoms with Crippen molar-refractivity contribution in [1.29, 1.82) is 0 Å². The average Bonchev–Trinajstić information content (AvgIpc) is 2.48. The second kappa shape index (κ2) is 8.83. The Morgan fingerprint density at radius 3 is 2.27 bits per heavy atom. The normalized spacial score (nSPS) is 32.8. The summed E-state index contributed by atoms with van der Waals surface area (Å²) in [6.45, 7) is 1.71. The quantitative estimate of drug-likeness (QED) is 0.425. The average molecular weight is 337 g/mol. The molecule has 1 aliphatic heterocycles. The number of aliphatic hydroxyl groups excluding tert-OH is 3. The minimum atomic E-state index is -1.72. The van der Waals surface area contributed by atoms with Crippen molar-refractivity contribution in [2.45, 2.75) is 43.7 Å². The predicted octanol–water partition coefficient (Wildman–Crippen LogP) is -3.34. The number of hydrogen-bond acceptors (Lipinski definition) is 6. The minimum absolute atomic E-state index is 0. The number of hydrogen-bond donors (Lipinski definition) is 4. The molecule has 1 fully saturated rings. The molecule has 22 heavy (non-hydrogen) atoms. The fraction of sp³-hybridized carbons (Fsp3) is 0.500. The first kappa shape index (κ1) is 20.2. The summed E-state index contributed by atoms with van der Waals surface area (Å²) >= 11 is 0. The monoisotopic (exact) mass is 337 g/mol. The second-order valence-corrected chi connectivity index (χ2v) is 4.92. The molecule has 6 unspecified atom stereocenters. The van der Waals surface area contributed by atoms with E-state index >= 15 is 0 Å². The van der Waals surface area contributed by atoms with Gasteiger partial charge in [0, 0.05) is 0 Å². The Kier molecular flexibility index (Phi) is 8.10. The Bertz CT molecular complexity index is 483. The maximum absolute atomic E-state index is 11.0. The van der Waals surface area contributed by atoms with Crippen molar-refractivity contribution in [3.63, 3.8) is 0 Å². The van der Waals surface area contributed by atoms with Crippen LogP contribution in [-0.4, -0.2) is 57.1 Å². The van der Waals surface area contributed by atoms with Gasteiger partial charge in [-0.3, -0.25) is 0 Å². The van der Waals surface area contributed by atoms with Gasteiger partial charge >= 0.3 is 57.4 Å². The van der Waals surface area contributed by atoms with Gasteiger partial charge in [0.15, 0.2) is 12.4 Å². The van der Waals surface area contributed by atoms with E-state index in [1.807, 2.05) is 18.2 Å². The maximum atomic E-state index is 11.0. The summed E-state index contributed by atoms with van der Waals surface area (Å²) in [6.07, 6.45) is -8.40. The minimum Gasteiger partial charge on any atom is -0.479 e. The van der Waals surface area contributed by atoms with Crippen LogP contribution in [0.25, 0.3) is 0 Å². The molecule has 2 rings (SSSR count). The molecule has 0 aromatic heterocycles. The van der Waals surface area contributed by atoms with Crippen molar-refractivity contribution in [1.82, 2.24) is 0 Å². The van der Waals surface area contributed by atoms with E-state index in [2.05, 4.69) is 0 Å². The van der Waals surface area contributed by atoms with Crippen LogP contribution in [0.15, 0.2) is 30.3 Å². The zero-order chi connectivity index (χ0) is 15.6. The number of aliphatic carboxylic acids is 1. The second-order valence-electron chi connectivity index (χ2n) is 4.92. The third-order valence-corrected chi connectivity index (χ3v) is 3.42. The SMILES string of the molecule is CC(OC1OC(C(=O)O)C(O)C(O)C1O)c1ccccc1.[K+]. The molecule has 1 aromatic carbocycles. The first-order valence-corrected chi connectivity index (χ1v) is 6.54. The van der Waals surface area contributed by atoms with Crippen LogP contribution in [0.2, 0.25) is 0 Å². The van der Waals surface area contributed by atoms with Gasteiger partial charge in [0.2, 0.25) is 0 Å². The molecule has 0 radical (unpaired) electrons. The molecule has 8 heteroatoms. The molecule has 0 amide bonds. The van der Waals surface area contributed by atoms with Crippen LogP contribution >= 0.6 is 0 Å². The van der Waals surface area contributed by atoms with Gasteiger partial charge in [0.25, 0.3) is 0 Å². The molecule has 4 N–H and O–H groups in total. The Balaban J connectivity index is 0.00000242. The maximum Gasteiger partial charge on any atom is 1.00 e. The first-order valence-electron chi connectivity index (χ1n) is 6.54. The van der Waals surface area contributed by atoms with E-state index in [1.54, 1.807) is 19.1 Å². The van der Waals surface area contributed by atoms with Crippen LogP contribution in [0.1, 0.15) is 18.6 Å². The fourth-order valence-electron chi connectivity index (χ4n) is 2.17. The van der Waals surface area contributed by atoms with Crippen molar-refractivity contribution in [3.05, 3.63) is 35.9 Å². The van der Waals surface area contributed by atoms with Crippen molar-refractivity contribution >= 4 is 5.97 Å². The summed E-state index contributed by atoms with van der Waals surface area (Å²) in [5.74, 6) is -1.44. The molecule has 6 atom stereocenters. The zero-order valence-corrected chi connectivity index (χ0v) is 15.5. The third-order valence-electron chi connectivity index (χ3n) is 3.42. The van der Waals surface area contributed by atoms with Gasteiger partial charge in [0.05, 0.1) is 6.10 Å². The Hall–Kier alpha value is 0.126. The largest absolute Gasteiger partial charge is 1.00 e. The van der Waals surface area contributed by atoms with E-state index in [4.69, 9.17) is 14.6 Å². The van der Waals surface area contributed by atoms with E-state index < -0.39 is 42.8 Å². The molecule has 1 heterocycles. The Labute approximate surface area is 170 Å². The first-order chi connectivity index (χ1) is 9.91. The van der Waals surface area contributed by atoms with Crippen LogP contribution in [-0.2, 0) is 14.3 Å². The number of rotatable bonds is 4.